The molecule has 0 aromatic heterocycles. The van der Waals surface area contributed by atoms with E-state index in [2.05, 4.69) is 5.32 Å². The SMILES string of the molecule is CC(CCSCC(O)CO)(NC1CC1)C(=O)O. The normalized spacial score (nSPS) is 20.9. The number of rotatable bonds is 9. The summed E-state index contributed by atoms with van der Waals surface area (Å²) in [6.45, 7) is 1.46. The summed E-state index contributed by atoms with van der Waals surface area (Å²) < 4.78 is 0. The van der Waals surface area contributed by atoms with Gasteiger partial charge in [-0.1, -0.05) is 0 Å². The van der Waals surface area contributed by atoms with Gasteiger partial charge in [0.2, 0.25) is 0 Å². The molecule has 0 spiro atoms. The lowest BCUT2D eigenvalue weighted by Crippen LogP contribution is -2.51. The number of carbonyl (C=O) groups is 1. The van der Waals surface area contributed by atoms with Crippen LogP contribution in [-0.4, -0.2) is 57.1 Å². The van der Waals surface area contributed by atoms with E-state index < -0.39 is 17.6 Å². The lowest BCUT2D eigenvalue weighted by Gasteiger charge is -2.26. The number of thioether (sulfide) groups is 1. The highest BCUT2D eigenvalue weighted by Crippen LogP contribution is 2.25. The van der Waals surface area contributed by atoms with Gasteiger partial charge in [-0.3, -0.25) is 10.1 Å². The van der Waals surface area contributed by atoms with Crippen LogP contribution < -0.4 is 5.32 Å². The molecular formula is C11H21NO4S. The minimum absolute atomic E-state index is 0.247. The van der Waals surface area contributed by atoms with Gasteiger partial charge in [0.1, 0.15) is 5.54 Å². The van der Waals surface area contributed by atoms with Gasteiger partial charge in [-0.15, -0.1) is 0 Å². The van der Waals surface area contributed by atoms with E-state index in [9.17, 15) is 9.90 Å². The molecule has 0 aromatic carbocycles. The summed E-state index contributed by atoms with van der Waals surface area (Å²) in [5, 5.41) is 30.1. The third-order valence-corrected chi connectivity index (χ3v) is 3.95. The van der Waals surface area contributed by atoms with Crippen LogP contribution in [0.2, 0.25) is 0 Å². The van der Waals surface area contributed by atoms with Crippen molar-refractivity contribution in [3.8, 4) is 0 Å². The minimum atomic E-state index is -0.877. The summed E-state index contributed by atoms with van der Waals surface area (Å²) in [5.74, 6) is 0.266. The van der Waals surface area contributed by atoms with E-state index >= 15 is 0 Å². The van der Waals surface area contributed by atoms with Crippen molar-refractivity contribution in [2.24, 2.45) is 0 Å². The Hall–Kier alpha value is -0.300. The van der Waals surface area contributed by atoms with Gasteiger partial charge < -0.3 is 15.3 Å². The summed E-state index contributed by atoms with van der Waals surface area (Å²) in [6, 6.07) is 0.351. The molecule has 0 heterocycles. The Morgan fingerprint density at radius 1 is 1.59 bits per heavy atom. The first-order valence-corrected chi connectivity index (χ1v) is 7.01. The Kier molecular flexibility index (Phi) is 5.72. The van der Waals surface area contributed by atoms with E-state index in [1.165, 1.54) is 11.8 Å². The fourth-order valence-electron chi connectivity index (χ4n) is 1.47. The van der Waals surface area contributed by atoms with Crippen molar-refractivity contribution in [2.45, 2.75) is 43.9 Å². The van der Waals surface area contributed by atoms with Crippen LogP contribution in [0.4, 0.5) is 0 Å². The van der Waals surface area contributed by atoms with Crippen molar-refractivity contribution in [1.29, 1.82) is 0 Å². The minimum Gasteiger partial charge on any atom is -0.480 e. The topological polar surface area (TPSA) is 89.8 Å². The molecule has 0 saturated heterocycles. The largest absolute Gasteiger partial charge is 0.480 e. The molecular weight excluding hydrogens is 242 g/mol. The summed E-state index contributed by atoms with van der Waals surface area (Å²) in [6.07, 6.45) is 1.91. The van der Waals surface area contributed by atoms with E-state index in [4.69, 9.17) is 10.2 Å². The summed E-state index contributed by atoms with van der Waals surface area (Å²) in [5.41, 5.74) is -0.877. The van der Waals surface area contributed by atoms with Crippen molar-refractivity contribution >= 4 is 17.7 Å². The van der Waals surface area contributed by atoms with E-state index in [1.807, 2.05) is 0 Å². The first kappa shape index (κ1) is 14.8. The standard InChI is InChI=1S/C11H21NO4S/c1-11(10(15)16,12-8-2-3-8)4-5-17-7-9(14)6-13/h8-9,12-14H,2-7H2,1H3,(H,15,16). The Bertz CT molecular complexity index is 260. The summed E-state index contributed by atoms with van der Waals surface area (Å²) in [7, 11) is 0. The first-order valence-electron chi connectivity index (χ1n) is 5.85. The van der Waals surface area contributed by atoms with Gasteiger partial charge >= 0.3 is 5.97 Å². The second-order valence-corrected chi connectivity index (χ2v) is 5.87. The van der Waals surface area contributed by atoms with E-state index in [0.717, 1.165) is 12.8 Å². The molecule has 0 radical (unpaired) electrons. The molecule has 1 fully saturated rings. The highest BCUT2D eigenvalue weighted by molar-refractivity contribution is 7.99. The van der Waals surface area contributed by atoms with Crippen LogP contribution in [0.1, 0.15) is 26.2 Å². The fourth-order valence-corrected chi connectivity index (χ4v) is 2.56. The Morgan fingerprint density at radius 2 is 2.24 bits per heavy atom. The molecule has 1 rings (SSSR count). The van der Waals surface area contributed by atoms with Crippen molar-refractivity contribution in [3.63, 3.8) is 0 Å². The number of hydrogen-bond acceptors (Lipinski definition) is 5. The monoisotopic (exact) mass is 263 g/mol. The zero-order chi connectivity index (χ0) is 12.9. The number of nitrogens with one attached hydrogen (secondary N) is 1. The molecule has 2 unspecified atom stereocenters. The fraction of sp³-hybridized carbons (Fsp3) is 0.909. The zero-order valence-electron chi connectivity index (χ0n) is 10.1. The molecule has 5 nitrogen and oxygen atoms in total. The second-order valence-electron chi connectivity index (χ2n) is 4.72. The zero-order valence-corrected chi connectivity index (χ0v) is 10.9. The third kappa shape index (κ3) is 5.25. The van der Waals surface area contributed by atoms with Gasteiger partial charge in [0.15, 0.2) is 0 Å². The van der Waals surface area contributed by atoms with Crippen LogP contribution in [0.15, 0.2) is 0 Å². The van der Waals surface area contributed by atoms with Gasteiger partial charge in [-0.2, -0.15) is 11.8 Å². The van der Waals surface area contributed by atoms with Crippen molar-refractivity contribution in [2.75, 3.05) is 18.1 Å². The molecule has 2 atom stereocenters. The highest BCUT2D eigenvalue weighted by Gasteiger charge is 2.37. The molecule has 0 bridgehead atoms. The van der Waals surface area contributed by atoms with Gasteiger partial charge in [-0.05, 0) is 31.9 Å². The Morgan fingerprint density at radius 3 is 2.71 bits per heavy atom. The maximum Gasteiger partial charge on any atom is 0.323 e. The molecule has 1 aliphatic carbocycles. The van der Waals surface area contributed by atoms with Crippen molar-refractivity contribution < 1.29 is 20.1 Å². The van der Waals surface area contributed by atoms with E-state index in [0.29, 0.717) is 24.0 Å². The molecule has 6 heteroatoms. The van der Waals surface area contributed by atoms with Crippen LogP contribution >= 0.6 is 11.8 Å². The molecule has 0 amide bonds. The summed E-state index contributed by atoms with van der Waals surface area (Å²) >= 11 is 1.46. The predicted octanol–water partition coefficient (Wildman–Crippen LogP) is 0.0582. The molecule has 1 saturated carbocycles. The van der Waals surface area contributed by atoms with E-state index in [1.54, 1.807) is 6.92 Å². The maximum absolute atomic E-state index is 11.2. The smallest absolute Gasteiger partial charge is 0.323 e. The van der Waals surface area contributed by atoms with Gasteiger partial charge in [0, 0.05) is 11.8 Å². The van der Waals surface area contributed by atoms with Crippen LogP contribution in [-0.2, 0) is 4.79 Å². The first-order chi connectivity index (χ1) is 7.98. The molecule has 0 aromatic rings. The van der Waals surface area contributed by atoms with Crippen LogP contribution in [0.5, 0.6) is 0 Å². The second kappa shape index (κ2) is 6.58. The van der Waals surface area contributed by atoms with Gasteiger partial charge in [-0.25, -0.2) is 0 Å². The van der Waals surface area contributed by atoms with E-state index in [-0.39, 0.29) is 6.61 Å². The Labute approximate surface area is 106 Å². The average Bonchev–Trinajstić information content (AvgIpc) is 3.07. The highest BCUT2D eigenvalue weighted by atomic mass is 32.2. The maximum atomic E-state index is 11.2. The van der Waals surface area contributed by atoms with Gasteiger partial charge in [0.05, 0.1) is 12.7 Å². The lowest BCUT2D eigenvalue weighted by molar-refractivity contribution is -0.144. The molecule has 100 valence electrons. The summed E-state index contributed by atoms with van der Waals surface area (Å²) in [4.78, 5) is 11.2. The van der Waals surface area contributed by atoms with Crippen LogP contribution in [0.3, 0.4) is 0 Å². The third-order valence-electron chi connectivity index (χ3n) is 2.84. The molecule has 0 aliphatic heterocycles. The van der Waals surface area contributed by atoms with Crippen molar-refractivity contribution in [1.82, 2.24) is 5.32 Å². The number of hydrogen-bond donors (Lipinski definition) is 4. The lowest BCUT2D eigenvalue weighted by atomic mass is 9.99. The molecule has 4 N–H and O–H groups in total. The Balaban J connectivity index is 2.26. The average molecular weight is 263 g/mol. The number of aliphatic carboxylic acids is 1. The quantitative estimate of drug-likeness (QED) is 0.440. The number of aliphatic hydroxyl groups is 2. The number of carboxylic acids is 1. The van der Waals surface area contributed by atoms with Gasteiger partial charge in [0.25, 0.3) is 0 Å². The van der Waals surface area contributed by atoms with Crippen LogP contribution in [0.25, 0.3) is 0 Å². The molecule has 1 aliphatic rings. The van der Waals surface area contributed by atoms with Crippen molar-refractivity contribution in [3.05, 3.63) is 0 Å². The van der Waals surface area contributed by atoms with Crippen LogP contribution in [0, 0.1) is 0 Å². The predicted molar refractivity (Wildman–Crippen MR) is 67.2 cm³/mol. The number of aliphatic hydroxyl groups excluding tert-OH is 2. The molecule has 17 heavy (non-hydrogen) atoms. The number of carboxylic acid groups (broad SMARTS) is 1.